The Balaban J connectivity index is 0. The van der Waals surface area contributed by atoms with E-state index in [9.17, 15) is 0 Å². The predicted octanol–water partition coefficient (Wildman–Crippen LogP) is 3.08. The van der Waals surface area contributed by atoms with E-state index in [1.165, 1.54) is 0 Å². The number of rotatable bonds is 4. The molecular formula is C8H18ClNO. The van der Waals surface area contributed by atoms with E-state index in [1.807, 2.05) is 6.92 Å². The lowest BCUT2D eigenvalue weighted by molar-refractivity contribution is 0.315. The number of halogens is 1. The fourth-order valence-electron chi connectivity index (χ4n) is 0.802. The summed E-state index contributed by atoms with van der Waals surface area (Å²) < 4.78 is 0. The van der Waals surface area contributed by atoms with E-state index in [0.717, 1.165) is 25.0 Å². The largest absolute Gasteiger partial charge is 0.411 e. The number of hydrogen-bond acceptors (Lipinski definition) is 2. The fraction of sp³-hybridized carbons (Fsp3) is 0.875. The molecule has 0 fully saturated rings. The minimum atomic E-state index is 0. The molecule has 0 aliphatic carbocycles. The Bertz CT molecular complexity index is 115. The van der Waals surface area contributed by atoms with Crippen molar-refractivity contribution in [2.24, 2.45) is 11.1 Å². The standard InChI is InChI=1S/C8H17NO.ClH/c1-4-7(3)6-8(5-2)9-10;/h7,10H,4-6H2,1-3H3;1H/b9-8+;. The van der Waals surface area contributed by atoms with Gasteiger partial charge in [-0.1, -0.05) is 32.3 Å². The van der Waals surface area contributed by atoms with Gasteiger partial charge >= 0.3 is 0 Å². The van der Waals surface area contributed by atoms with Crippen molar-refractivity contribution < 1.29 is 5.21 Å². The van der Waals surface area contributed by atoms with Gasteiger partial charge in [-0.25, -0.2) is 0 Å². The molecule has 1 atom stereocenters. The Morgan fingerprint density at radius 2 is 2.00 bits per heavy atom. The lowest BCUT2D eigenvalue weighted by Crippen LogP contribution is -2.03. The van der Waals surface area contributed by atoms with Crippen LogP contribution in [0.5, 0.6) is 0 Å². The average molecular weight is 180 g/mol. The minimum Gasteiger partial charge on any atom is -0.411 e. The molecule has 0 saturated heterocycles. The molecule has 3 heteroatoms. The normalized spacial score (nSPS) is 13.9. The summed E-state index contributed by atoms with van der Waals surface area (Å²) in [5.74, 6) is 0.644. The van der Waals surface area contributed by atoms with Crippen LogP contribution in [0.3, 0.4) is 0 Å². The first-order valence-corrected chi connectivity index (χ1v) is 3.94. The minimum absolute atomic E-state index is 0. The topological polar surface area (TPSA) is 32.6 Å². The molecule has 0 saturated carbocycles. The van der Waals surface area contributed by atoms with Gasteiger partial charge in [0.05, 0.1) is 5.71 Å². The van der Waals surface area contributed by atoms with Gasteiger partial charge in [-0.15, -0.1) is 12.4 Å². The third kappa shape index (κ3) is 6.17. The second-order valence-corrected chi connectivity index (χ2v) is 2.74. The van der Waals surface area contributed by atoms with Gasteiger partial charge in [0, 0.05) is 0 Å². The molecule has 0 aliphatic heterocycles. The molecule has 0 radical (unpaired) electrons. The summed E-state index contributed by atoms with van der Waals surface area (Å²) in [4.78, 5) is 0. The molecule has 0 amide bonds. The second-order valence-electron chi connectivity index (χ2n) is 2.74. The zero-order valence-corrected chi connectivity index (χ0v) is 8.32. The van der Waals surface area contributed by atoms with Crippen molar-refractivity contribution >= 4 is 18.1 Å². The highest BCUT2D eigenvalue weighted by Crippen LogP contribution is 2.08. The van der Waals surface area contributed by atoms with E-state index in [1.54, 1.807) is 0 Å². The maximum atomic E-state index is 8.46. The molecule has 0 rings (SSSR count). The van der Waals surface area contributed by atoms with Gasteiger partial charge in [0.25, 0.3) is 0 Å². The maximum Gasteiger partial charge on any atom is 0.0570 e. The van der Waals surface area contributed by atoms with Crippen LogP contribution in [0.15, 0.2) is 5.16 Å². The van der Waals surface area contributed by atoms with Crippen molar-refractivity contribution in [2.75, 3.05) is 0 Å². The van der Waals surface area contributed by atoms with Gasteiger partial charge in [0.1, 0.15) is 0 Å². The summed E-state index contributed by atoms with van der Waals surface area (Å²) in [5, 5.41) is 11.7. The quantitative estimate of drug-likeness (QED) is 0.402. The second kappa shape index (κ2) is 7.86. The Morgan fingerprint density at radius 1 is 1.45 bits per heavy atom. The van der Waals surface area contributed by atoms with E-state index < -0.39 is 0 Å². The molecule has 0 aromatic carbocycles. The molecule has 2 nitrogen and oxygen atoms in total. The van der Waals surface area contributed by atoms with E-state index in [-0.39, 0.29) is 12.4 Å². The fourth-order valence-corrected chi connectivity index (χ4v) is 0.802. The van der Waals surface area contributed by atoms with Crippen molar-refractivity contribution in [1.29, 1.82) is 0 Å². The Labute approximate surface area is 75.1 Å². The highest BCUT2D eigenvalue weighted by Gasteiger charge is 2.02. The summed E-state index contributed by atoms with van der Waals surface area (Å²) in [7, 11) is 0. The van der Waals surface area contributed by atoms with E-state index in [0.29, 0.717) is 5.92 Å². The van der Waals surface area contributed by atoms with Gasteiger partial charge in [-0.2, -0.15) is 0 Å². The summed E-state index contributed by atoms with van der Waals surface area (Å²) in [6.45, 7) is 6.33. The molecule has 0 aliphatic rings. The van der Waals surface area contributed by atoms with Gasteiger partial charge in [-0.3, -0.25) is 0 Å². The number of hydrogen-bond donors (Lipinski definition) is 1. The zero-order valence-electron chi connectivity index (χ0n) is 7.50. The molecule has 0 bridgehead atoms. The Kier molecular flexibility index (Phi) is 9.55. The van der Waals surface area contributed by atoms with Crippen LogP contribution in [-0.2, 0) is 0 Å². The van der Waals surface area contributed by atoms with Crippen LogP contribution >= 0.6 is 12.4 Å². The summed E-state index contributed by atoms with van der Waals surface area (Å²) in [5.41, 5.74) is 0.911. The van der Waals surface area contributed by atoms with Crippen LogP contribution in [0.1, 0.15) is 40.0 Å². The van der Waals surface area contributed by atoms with Gasteiger partial charge in [0.2, 0.25) is 0 Å². The number of oxime groups is 1. The zero-order chi connectivity index (χ0) is 7.98. The number of nitrogens with zero attached hydrogens (tertiary/aromatic N) is 1. The van der Waals surface area contributed by atoms with Crippen LogP contribution in [0.4, 0.5) is 0 Å². The van der Waals surface area contributed by atoms with Crippen molar-refractivity contribution in [2.45, 2.75) is 40.0 Å². The van der Waals surface area contributed by atoms with Crippen molar-refractivity contribution in [1.82, 2.24) is 0 Å². The van der Waals surface area contributed by atoms with Crippen molar-refractivity contribution in [3.05, 3.63) is 0 Å². The lowest BCUT2D eigenvalue weighted by Gasteiger charge is -2.06. The monoisotopic (exact) mass is 179 g/mol. The Morgan fingerprint density at radius 3 is 2.27 bits per heavy atom. The molecule has 0 heterocycles. The molecule has 0 aromatic heterocycles. The first-order chi connectivity index (χ1) is 4.74. The van der Waals surface area contributed by atoms with Crippen LogP contribution < -0.4 is 0 Å². The van der Waals surface area contributed by atoms with Crippen LogP contribution in [-0.4, -0.2) is 10.9 Å². The molecular weight excluding hydrogens is 162 g/mol. The average Bonchev–Trinajstić information content (AvgIpc) is 1.99. The molecule has 1 unspecified atom stereocenters. The smallest absolute Gasteiger partial charge is 0.0570 e. The van der Waals surface area contributed by atoms with Crippen LogP contribution in [0.25, 0.3) is 0 Å². The van der Waals surface area contributed by atoms with E-state index in [4.69, 9.17) is 5.21 Å². The molecule has 11 heavy (non-hydrogen) atoms. The van der Waals surface area contributed by atoms with Gasteiger partial charge in [0.15, 0.2) is 0 Å². The highest BCUT2D eigenvalue weighted by molar-refractivity contribution is 5.85. The molecule has 0 spiro atoms. The third-order valence-electron chi connectivity index (χ3n) is 1.83. The maximum absolute atomic E-state index is 8.46. The lowest BCUT2D eigenvalue weighted by atomic mass is 10.0. The molecule has 68 valence electrons. The van der Waals surface area contributed by atoms with Crippen LogP contribution in [0.2, 0.25) is 0 Å². The Hall–Kier alpha value is -0.240. The van der Waals surface area contributed by atoms with Gasteiger partial charge < -0.3 is 5.21 Å². The highest BCUT2D eigenvalue weighted by atomic mass is 35.5. The summed E-state index contributed by atoms with van der Waals surface area (Å²) >= 11 is 0. The summed E-state index contributed by atoms with van der Waals surface area (Å²) in [6, 6.07) is 0. The molecule has 1 N–H and O–H groups in total. The van der Waals surface area contributed by atoms with Gasteiger partial charge in [-0.05, 0) is 18.8 Å². The molecule has 0 aromatic rings. The van der Waals surface area contributed by atoms with Crippen molar-refractivity contribution in [3.63, 3.8) is 0 Å². The van der Waals surface area contributed by atoms with Crippen LogP contribution in [0, 0.1) is 5.92 Å². The SMILES string of the molecule is CC/C(CC(C)CC)=N\O.Cl. The van der Waals surface area contributed by atoms with Crippen molar-refractivity contribution in [3.8, 4) is 0 Å². The first kappa shape index (κ1) is 13.4. The van der Waals surface area contributed by atoms with E-state index >= 15 is 0 Å². The summed E-state index contributed by atoms with van der Waals surface area (Å²) in [6.07, 6.45) is 2.95. The third-order valence-corrected chi connectivity index (χ3v) is 1.83. The first-order valence-electron chi connectivity index (χ1n) is 3.94. The predicted molar refractivity (Wildman–Crippen MR) is 50.8 cm³/mol. The van der Waals surface area contributed by atoms with E-state index in [2.05, 4.69) is 19.0 Å².